The molecule has 13 heteroatoms. The minimum atomic E-state index is -4.09. The van der Waals surface area contributed by atoms with Gasteiger partial charge in [0, 0.05) is 66.8 Å². The van der Waals surface area contributed by atoms with Crippen molar-refractivity contribution in [2.75, 3.05) is 32.7 Å². The van der Waals surface area contributed by atoms with E-state index in [4.69, 9.17) is 32.9 Å². The van der Waals surface area contributed by atoms with Crippen molar-refractivity contribution in [1.82, 2.24) is 29.1 Å². The summed E-state index contributed by atoms with van der Waals surface area (Å²) in [5.74, 6) is 0.333. The largest absolute Gasteiger partial charge is 0.487 e. The van der Waals surface area contributed by atoms with Crippen LogP contribution in [0.5, 0.6) is 5.75 Å². The molecule has 2 fully saturated rings. The maximum atomic E-state index is 13.9. The second kappa shape index (κ2) is 11.8. The topological polar surface area (TPSA) is 110 Å². The number of piperazine rings is 1. The smallest absolute Gasteiger partial charge is 0.245 e. The Bertz CT molecular complexity index is 1740. The second-order valence-corrected chi connectivity index (χ2v) is 13.0. The van der Waals surface area contributed by atoms with Gasteiger partial charge < -0.3 is 19.5 Å². The zero-order chi connectivity index (χ0) is 29.4. The Morgan fingerprint density at radius 1 is 1.14 bits per heavy atom. The number of imidazole rings is 1. The third-order valence-corrected chi connectivity index (χ3v) is 10.6. The Labute approximate surface area is 254 Å². The Hall–Kier alpha value is -3.22. The number of nitrogens with zero attached hydrogens (tertiary/aromatic N) is 5. The van der Waals surface area contributed by atoms with E-state index in [2.05, 4.69) is 10.3 Å². The number of aryl methyl sites for hydroxylation is 1. The molecule has 1 amide bonds. The molecule has 0 unspecified atom stereocenters. The number of pyridine rings is 1. The highest BCUT2D eigenvalue weighted by Gasteiger charge is 2.42. The third-order valence-electron chi connectivity index (χ3n) is 7.72. The predicted octanol–water partition coefficient (Wildman–Crippen LogP) is 4.20. The summed E-state index contributed by atoms with van der Waals surface area (Å²) >= 11 is 13.3. The number of para-hydroxylation sites is 1. The maximum absolute atomic E-state index is 13.9. The van der Waals surface area contributed by atoms with Crippen LogP contribution in [0.4, 0.5) is 0 Å². The summed E-state index contributed by atoms with van der Waals surface area (Å²) in [6, 6.07) is 9.72. The Morgan fingerprint density at radius 3 is 2.71 bits per heavy atom. The van der Waals surface area contributed by atoms with Gasteiger partial charge in [-0.25, -0.2) is 18.4 Å². The molecule has 42 heavy (non-hydrogen) atoms. The van der Waals surface area contributed by atoms with Gasteiger partial charge >= 0.3 is 0 Å². The fraction of sp³-hybridized carbons (Fsp3) is 0.345. The van der Waals surface area contributed by atoms with Crippen LogP contribution in [0.1, 0.15) is 24.1 Å². The number of halogens is 2. The lowest BCUT2D eigenvalue weighted by Gasteiger charge is -2.32. The van der Waals surface area contributed by atoms with Crippen LogP contribution < -0.4 is 10.1 Å². The zero-order valence-corrected chi connectivity index (χ0v) is 25.3. The van der Waals surface area contributed by atoms with Gasteiger partial charge in [-0.1, -0.05) is 35.3 Å². The van der Waals surface area contributed by atoms with E-state index in [0.29, 0.717) is 55.9 Å². The Kier molecular flexibility index (Phi) is 8.12. The van der Waals surface area contributed by atoms with E-state index in [0.717, 1.165) is 16.8 Å². The van der Waals surface area contributed by atoms with Crippen LogP contribution in [-0.2, 0) is 21.4 Å². The quantitative estimate of drug-likeness (QED) is 0.327. The molecule has 4 heterocycles. The highest BCUT2D eigenvalue weighted by atomic mass is 35.5. The monoisotopic (exact) mass is 628 g/mol. The lowest BCUT2D eigenvalue weighted by molar-refractivity contribution is -0.135. The van der Waals surface area contributed by atoms with Crippen LogP contribution in [0.3, 0.4) is 0 Å². The first-order valence-electron chi connectivity index (χ1n) is 13.8. The van der Waals surface area contributed by atoms with E-state index in [1.54, 1.807) is 23.5 Å². The molecule has 0 bridgehead atoms. The van der Waals surface area contributed by atoms with Crippen LogP contribution in [-0.4, -0.2) is 76.8 Å². The van der Waals surface area contributed by atoms with Gasteiger partial charge in [0.05, 0.1) is 17.0 Å². The molecule has 2 aliphatic heterocycles. The van der Waals surface area contributed by atoms with Crippen molar-refractivity contribution in [3.8, 4) is 11.4 Å². The van der Waals surface area contributed by atoms with Gasteiger partial charge in [-0.05, 0) is 44.0 Å². The first kappa shape index (κ1) is 28.9. The molecule has 4 aromatic rings. The summed E-state index contributed by atoms with van der Waals surface area (Å²) in [6.07, 6.45) is 6.35. The van der Waals surface area contributed by atoms with Crippen LogP contribution in [0.15, 0.2) is 60.0 Å². The number of hydrogen-bond donors (Lipinski definition) is 1. The lowest BCUT2D eigenvalue weighted by Crippen LogP contribution is -2.53. The summed E-state index contributed by atoms with van der Waals surface area (Å²) in [6.45, 7) is 4.55. The first-order chi connectivity index (χ1) is 20.3. The summed E-state index contributed by atoms with van der Waals surface area (Å²) in [7, 11) is -4.09. The molecule has 10 nitrogen and oxygen atoms in total. The average molecular weight is 630 g/mol. The van der Waals surface area contributed by atoms with E-state index in [-0.39, 0.29) is 34.0 Å². The highest BCUT2D eigenvalue weighted by Crippen LogP contribution is 2.37. The maximum Gasteiger partial charge on any atom is 0.245 e. The second-order valence-electron chi connectivity index (χ2n) is 10.4. The minimum Gasteiger partial charge on any atom is -0.487 e. The van der Waals surface area contributed by atoms with Crippen molar-refractivity contribution in [2.45, 2.75) is 37.3 Å². The minimum absolute atomic E-state index is 0.0220. The molecule has 0 aliphatic carbocycles. The molecule has 2 aliphatic rings. The fourth-order valence-corrected chi connectivity index (χ4v) is 8.13. The Balaban J connectivity index is 1.29. The van der Waals surface area contributed by atoms with Crippen LogP contribution >= 0.6 is 23.2 Å². The van der Waals surface area contributed by atoms with Crippen LogP contribution in [0.25, 0.3) is 16.6 Å². The number of aromatic nitrogens is 3. The molecular formula is C29H30Cl2N6O4S. The Morgan fingerprint density at radius 2 is 1.95 bits per heavy atom. The van der Waals surface area contributed by atoms with Crippen molar-refractivity contribution < 1.29 is 17.9 Å². The molecule has 220 valence electrons. The number of carbonyl (C=O) groups excluding carboxylic acids is 1. The normalized spacial score (nSPS) is 18.1. The van der Waals surface area contributed by atoms with Crippen LogP contribution in [0, 0.1) is 6.92 Å². The van der Waals surface area contributed by atoms with Crippen molar-refractivity contribution in [3.63, 3.8) is 0 Å². The molecule has 0 spiro atoms. The molecule has 2 saturated heterocycles. The van der Waals surface area contributed by atoms with Gasteiger partial charge in [0.1, 0.15) is 28.8 Å². The number of benzene rings is 2. The highest BCUT2D eigenvalue weighted by molar-refractivity contribution is 7.89. The predicted molar refractivity (Wildman–Crippen MR) is 161 cm³/mol. The van der Waals surface area contributed by atoms with Crippen LogP contribution in [0.2, 0.25) is 10.0 Å². The van der Waals surface area contributed by atoms with E-state index >= 15 is 0 Å². The molecule has 1 N–H and O–H groups in total. The molecule has 6 rings (SSSR count). The third kappa shape index (κ3) is 5.35. The average Bonchev–Trinajstić information content (AvgIpc) is 3.70. The summed E-state index contributed by atoms with van der Waals surface area (Å²) in [4.78, 5) is 23.8. The molecular weight excluding hydrogens is 599 g/mol. The number of fused-ring (bicyclic) bond motifs is 1. The zero-order valence-electron chi connectivity index (χ0n) is 23.0. The van der Waals surface area contributed by atoms with E-state index in [9.17, 15) is 13.2 Å². The summed E-state index contributed by atoms with van der Waals surface area (Å²) in [5, 5.41) is 4.33. The first-order valence-corrected chi connectivity index (χ1v) is 15.9. The number of sulfonamides is 1. The SMILES string of the molecule is Cc1cc(-n2ccnc2)c2cccc(OCc3c(Cl)ccc(S(=O)(=O)N4CCC[C@H]4C(=O)N4CCNCC4)c3Cl)c2n1. The molecule has 2 aromatic heterocycles. The van der Waals surface area contributed by atoms with E-state index in [1.165, 1.54) is 16.4 Å². The fourth-order valence-electron chi connectivity index (χ4n) is 5.61. The van der Waals surface area contributed by atoms with Gasteiger partial charge in [0.2, 0.25) is 15.9 Å². The molecule has 1 atom stereocenters. The van der Waals surface area contributed by atoms with Crippen molar-refractivity contribution in [2.24, 2.45) is 0 Å². The van der Waals surface area contributed by atoms with Crippen molar-refractivity contribution in [1.29, 1.82) is 0 Å². The van der Waals surface area contributed by atoms with E-state index < -0.39 is 16.1 Å². The van der Waals surface area contributed by atoms with Gasteiger partial charge in [-0.15, -0.1) is 0 Å². The number of amides is 1. The number of ether oxygens (including phenoxy) is 1. The van der Waals surface area contributed by atoms with Gasteiger partial charge in [0.25, 0.3) is 0 Å². The standard InChI is InChI=1S/C29H30Cl2N6O4S/c1-19-16-24(36-15-11-33-18-36)20-4-2-6-25(28(20)34-19)41-17-21-22(30)7-8-26(27(21)31)42(39,40)37-12-3-5-23(37)29(38)35-13-9-32-10-14-35/h2,4,6-8,11,15-16,18,23,32H,3,5,9-10,12-14,17H2,1H3/t23-/m0/s1. The van der Waals surface area contributed by atoms with Gasteiger partial charge in [0.15, 0.2) is 0 Å². The number of rotatable bonds is 7. The summed E-state index contributed by atoms with van der Waals surface area (Å²) in [5.41, 5.74) is 2.67. The van der Waals surface area contributed by atoms with Crippen molar-refractivity contribution >= 4 is 50.0 Å². The summed E-state index contributed by atoms with van der Waals surface area (Å²) < 4.78 is 37.2. The van der Waals surface area contributed by atoms with Crippen molar-refractivity contribution in [3.05, 3.63) is 76.4 Å². The number of nitrogens with one attached hydrogen (secondary N) is 1. The molecule has 0 radical (unpaired) electrons. The van der Waals surface area contributed by atoms with E-state index in [1.807, 2.05) is 35.9 Å². The van der Waals surface area contributed by atoms with Gasteiger partial charge in [-0.3, -0.25) is 4.79 Å². The molecule has 0 saturated carbocycles. The lowest BCUT2D eigenvalue weighted by atomic mass is 10.1. The number of carbonyl (C=O) groups is 1. The molecule has 2 aromatic carbocycles. The van der Waals surface area contributed by atoms with Gasteiger partial charge in [-0.2, -0.15) is 4.31 Å². The number of hydrogen-bond acceptors (Lipinski definition) is 7.